The number of rotatable bonds is 5. The van der Waals surface area contributed by atoms with E-state index in [0.29, 0.717) is 17.7 Å². The van der Waals surface area contributed by atoms with Gasteiger partial charge in [-0.1, -0.05) is 6.07 Å². The highest BCUT2D eigenvalue weighted by molar-refractivity contribution is 5.34. The van der Waals surface area contributed by atoms with Crippen molar-refractivity contribution in [1.29, 1.82) is 0 Å². The largest absolute Gasteiger partial charge is 0.488 e. The van der Waals surface area contributed by atoms with E-state index in [1.165, 1.54) is 6.07 Å². The average Bonchev–Trinajstić information content (AvgIpc) is 2.47. The Morgan fingerprint density at radius 1 is 1.23 bits per heavy atom. The van der Waals surface area contributed by atoms with Crippen LogP contribution in [0.3, 0.4) is 0 Å². The Hall–Kier alpha value is -2.21. The van der Waals surface area contributed by atoms with E-state index in [1.54, 1.807) is 18.5 Å². The summed E-state index contributed by atoms with van der Waals surface area (Å²) in [5.41, 5.74) is 7.43. The van der Waals surface area contributed by atoms with Gasteiger partial charge in [0.15, 0.2) is 11.6 Å². The first-order valence-corrected chi connectivity index (χ1v) is 7.28. The van der Waals surface area contributed by atoms with Gasteiger partial charge in [0.2, 0.25) is 0 Å². The van der Waals surface area contributed by atoms with Crippen molar-refractivity contribution >= 4 is 5.82 Å². The second-order valence-corrected chi connectivity index (χ2v) is 5.49. The van der Waals surface area contributed by atoms with Crippen molar-refractivity contribution in [3.05, 3.63) is 47.7 Å². The molecule has 0 unspecified atom stereocenters. The number of hydrogen-bond acceptors (Lipinski definition) is 5. The van der Waals surface area contributed by atoms with E-state index in [1.807, 2.05) is 6.07 Å². The molecule has 1 aromatic heterocycles. The molecule has 0 spiro atoms. The van der Waals surface area contributed by atoms with Gasteiger partial charge in [-0.3, -0.25) is 4.98 Å². The lowest BCUT2D eigenvalue weighted by Gasteiger charge is -2.35. The molecule has 116 valence electrons. The molecule has 0 atom stereocenters. The van der Waals surface area contributed by atoms with E-state index >= 15 is 0 Å². The fraction of sp³-hybridized carbons (Fsp3) is 0.375. The van der Waals surface area contributed by atoms with Crippen molar-refractivity contribution in [1.82, 2.24) is 9.97 Å². The number of aromatic nitrogens is 2. The van der Waals surface area contributed by atoms with Crippen LogP contribution in [0, 0.1) is 5.82 Å². The minimum atomic E-state index is -0.387. The summed E-state index contributed by atoms with van der Waals surface area (Å²) in [6, 6.07) is 5.02. The first-order valence-electron chi connectivity index (χ1n) is 7.28. The molecule has 3 rings (SSSR count). The molecule has 2 aromatic rings. The summed E-state index contributed by atoms with van der Waals surface area (Å²) < 4.78 is 19.0. The first kappa shape index (κ1) is 14.7. The first-order chi connectivity index (χ1) is 10.7. The SMILES string of the molecule is Nc1cnc(C2CC(c3ccc(OCCO)c(F)c3)C2)cn1. The van der Waals surface area contributed by atoms with Crippen LogP contribution in [0.4, 0.5) is 10.2 Å². The van der Waals surface area contributed by atoms with Crippen molar-refractivity contribution in [3.8, 4) is 5.75 Å². The van der Waals surface area contributed by atoms with Gasteiger partial charge < -0.3 is 15.6 Å². The molecule has 0 radical (unpaired) electrons. The number of ether oxygens (including phenoxy) is 1. The van der Waals surface area contributed by atoms with Gasteiger partial charge in [-0.15, -0.1) is 0 Å². The van der Waals surface area contributed by atoms with Gasteiger partial charge in [-0.2, -0.15) is 0 Å². The lowest BCUT2D eigenvalue weighted by Crippen LogP contribution is -2.21. The molecule has 0 bridgehead atoms. The minimum Gasteiger partial charge on any atom is -0.488 e. The number of benzene rings is 1. The number of nitrogens with zero attached hydrogens (tertiary/aromatic N) is 2. The molecule has 1 fully saturated rings. The molecule has 0 aliphatic heterocycles. The van der Waals surface area contributed by atoms with E-state index in [2.05, 4.69) is 9.97 Å². The zero-order chi connectivity index (χ0) is 15.5. The molecule has 1 aromatic carbocycles. The number of halogens is 1. The lowest BCUT2D eigenvalue weighted by molar-refractivity contribution is 0.196. The molecule has 0 saturated heterocycles. The summed E-state index contributed by atoms with van der Waals surface area (Å²) in [7, 11) is 0. The molecule has 1 aliphatic rings. The average molecular weight is 303 g/mol. The third kappa shape index (κ3) is 3.01. The van der Waals surface area contributed by atoms with Crippen LogP contribution < -0.4 is 10.5 Å². The normalized spacial score (nSPS) is 20.5. The number of nitrogen functional groups attached to an aromatic ring is 1. The third-order valence-corrected chi connectivity index (χ3v) is 4.02. The fourth-order valence-corrected chi connectivity index (χ4v) is 2.73. The summed E-state index contributed by atoms with van der Waals surface area (Å²) >= 11 is 0. The predicted octanol–water partition coefficient (Wildman–Crippen LogP) is 2.23. The highest BCUT2D eigenvalue weighted by Crippen LogP contribution is 2.47. The van der Waals surface area contributed by atoms with Crippen molar-refractivity contribution in [2.75, 3.05) is 18.9 Å². The summed E-state index contributed by atoms with van der Waals surface area (Å²) in [6.07, 6.45) is 5.13. The summed E-state index contributed by atoms with van der Waals surface area (Å²) in [6.45, 7) is -0.0360. The summed E-state index contributed by atoms with van der Waals surface area (Å²) in [5, 5.41) is 8.70. The number of anilines is 1. The molecule has 5 nitrogen and oxygen atoms in total. The molecule has 1 aliphatic carbocycles. The van der Waals surface area contributed by atoms with E-state index in [4.69, 9.17) is 15.6 Å². The highest BCUT2D eigenvalue weighted by atomic mass is 19.1. The van der Waals surface area contributed by atoms with Gasteiger partial charge in [0.25, 0.3) is 0 Å². The smallest absolute Gasteiger partial charge is 0.165 e. The Balaban J connectivity index is 1.62. The summed E-state index contributed by atoms with van der Waals surface area (Å²) in [4.78, 5) is 8.34. The Bertz CT molecular complexity index is 642. The number of nitrogens with two attached hydrogens (primary N) is 1. The van der Waals surface area contributed by atoms with Crippen LogP contribution in [0.2, 0.25) is 0 Å². The molecule has 0 amide bonds. The molecule has 22 heavy (non-hydrogen) atoms. The third-order valence-electron chi connectivity index (χ3n) is 4.02. The number of aliphatic hydroxyl groups is 1. The standard InChI is InChI=1S/C16H18FN3O2/c17-13-7-10(1-2-15(13)22-4-3-21)11-5-12(6-11)14-8-20-16(18)9-19-14/h1-2,7-9,11-12,21H,3-6H2,(H2,18,20). The van der Waals surface area contributed by atoms with E-state index in [9.17, 15) is 4.39 Å². The van der Waals surface area contributed by atoms with Gasteiger partial charge in [0.1, 0.15) is 12.4 Å². The molecular formula is C16H18FN3O2. The van der Waals surface area contributed by atoms with Gasteiger partial charge in [0, 0.05) is 5.92 Å². The van der Waals surface area contributed by atoms with Gasteiger partial charge in [-0.25, -0.2) is 9.37 Å². The molecule has 1 saturated carbocycles. The van der Waals surface area contributed by atoms with E-state index in [-0.39, 0.29) is 24.8 Å². The van der Waals surface area contributed by atoms with Crippen LogP contribution in [0.15, 0.2) is 30.6 Å². The zero-order valence-electron chi connectivity index (χ0n) is 12.1. The maximum Gasteiger partial charge on any atom is 0.165 e. The number of hydrogen-bond donors (Lipinski definition) is 2. The monoisotopic (exact) mass is 303 g/mol. The zero-order valence-corrected chi connectivity index (χ0v) is 12.1. The predicted molar refractivity (Wildman–Crippen MR) is 80.1 cm³/mol. The van der Waals surface area contributed by atoms with Crippen LogP contribution in [-0.2, 0) is 0 Å². The lowest BCUT2D eigenvalue weighted by atomic mass is 9.70. The van der Waals surface area contributed by atoms with Crippen LogP contribution in [0.25, 0.3) is 0 Å². The topological polar surface area (TPSA) is 81.3 Å². The quantitative estimate of drug-likeness (QED) is 0.885. The molecule has 6 heteroatoms. The maximum absolute atomic E-state index is 13.9. The van der Waals surface area contributed by atoms with E-state index in [0.717, 1.165) is 24.1 Å². The van der Waals surface area contributed by atoms with Gasteiger partial charge in [0.05, 0.1) is 24.7 Å². The minimum absolute atomic E-state index is 0.0948. The fourth-order valence-electron chi connectivity index (χ4n) is 2.73. The van der Waals surface area contributed by atoms with Crippen LogP contribution in [-0.4, -0.2) is 28.3 Å². The summed E-state index contributed by atoms with van der Waals surface area (Å²) in [5.74, 6) is 0.886. The maximum atomic E-state index is 13.9. The highest BCUT2D eigenvalue weighted by Gasteiger charge is 2.32. The van der Waals surface area contributed by atoms with Crippen LogP contribution >= 0.6 is 0 Å². The van der Waals surface area contributed by atoms with Crippen molar-refractivity contribution < 1.29 is 14.2 Å². The molecular weight excluding hydrogens is 285 g/mol. The van der Waals surface area contributed by atoms with Gasteiger partial charge >= 0.3 is 0 Å². The number of aliphatic hydroxyl groups excluding tert-OH is 1. The second-order valence-electron chi connectivity index (χ2n) is 5.49. The van der Waals surface area contributed by atoms with Crippen molar-refractivity contribution in [3.63, 3.8) is 0 Å². The Labute approximate surface area is 128 Å². The van der Waals surface area contributed by atoms with Crippen LogP contribution in [0.5, 0.6) is 5.75 Å². The van der Waals surface area contributed by atoms with Crippen LogP contribution in [0.1, 0.15) is 35.9 Å². The van der Waals surface area contributed by atoms with E-state index < -0.39 is 0 Å². The molecule has 3 N–H and O–H groups in total. The Morgan fingerprint density at radius 2 is 2.05 bits per heavy atom. The molecule has 1 heterocycles. The Kier molecular flexibility index (Phi) is 4.20. The van der Waals surface area contributed by atoms with Crippen molar-refractivity contribution in [2.45, 2.75) is 24.7 Å². The van der Waals surface area contributed by atoms with Gasteiger partial charge in [-0.05, 0) is 36.5 Å². The second kappa shape index (κ2) is 6.27. The Morgan fingerprint density at radius 3 is 2.68 bits per heavy atom. The van der Waals surface area contributed by atoms with Crippen molar-refractivity contribution in [2.24, 2.45) is 0 Å².